The second-order valence-electron chi connectivity index (χ2n) is 3.34. The highest BCUT2D eigenvalue weighted by atomic mass is 16.5. The summed E-state index contributed by atoms with van der Waals surface area (Å²) in [5.74, 6) is -1.29. The first-order chi connectivity index (χ1) is 7.61. The van der Waals surface area contributed by atoms with Gasteiger partial charge in [-0.3, -0.25) is 4.79 Å². The molecule has 0 saturated heterocycles. The highest BCUT2D eigenvalue weighted by Gasteiger charge is 2.18. The summed E-state index contributed by atoms with van der Waals surface area (Å²) in [6, 6.07) is -0.867. The van der Waals surface area contributed by atoms with Crippen molar-refractivity contribution in [2.45, 2.75) is 25.8 Å². The maximum Gasteiger partial charge on any atom is 0.326 e. The van der Waals surface area contributed by atoms with E-state index in [2.05, 4.69) is 10.6 Å². The Kier molecular flexibility index (Phi) is 8.46. The molecule has 0 aliphatic rings. The number of carbonyl (C=O) groups excluding carboxylic acids is 1. The third kappa shape index (κ3) is 7.19. The number of carbonyl (C=O) groups is 2. The third-order valence-electron chi connectivity index (χ3n) is 2.02. The summed E-state index contributed by atoms with van der Waals surface area (Å²) >= 11 is 0. The van der Waals surface area contributed by atoms with Crippen LogP contribution in [0.2, 0.25) is 0 Å². The predicted octanol–water partition coefficient (Wildman–Crippen LogP) is -0.408. The highest BCUT2D eigenvalue weighted by Crippen LogP contribution is 1.94. The van der Waals surface area contributed by atoms with E-state index in [0.717, 1.165) is 6.54 Å². The molecule has 0 bridgehead atoms. The fourth-order valence-corrected chi connectivity index (χ4v) is 1.14. The van der Waals surface area contributed by atoms with E-state index in [1.54, 1.807) is 0 Å². The largest absolute Gasteiger partial charge is 0.480 e. The van der Waals surface area contributed by atoms with Crippen molar-refractivity contribution < 1.29 is 19.4 Å². The molecule has 3 N–H and O–H groups in total. The van der Waals surface area contributed by atoms with Gasteiger partial charge in [-0.15, -0.1) is 0 Å². The number of methoxy groups -OCH3 is 1. The molecule has 0 fully saturated rings. The molecule has 0 aliphatic carbocycles. The van der Waals surface area contributed by atoms with Crippen LogP contribution in [0.5, 0.6) is 0 Å². The molecule has 0 aromatic heterocycles. The van der Waals surface area contributed by atoms with Gasteiger partial charge in [-0.05, 0) is 6.54 Å². The Bertz CT molecular complexity index is 221. The monoisotopic (exact) mass is 232 g/mol. The molecule has 1 amide bonds. The average Bonchev–Trinajstić information content (AvgIpc) is 2.24. The molecular formula is C10H20N2O4. The number of rotatable bonds is 9. The van der Waals surface area contributed by atoms with Crippen LogP contribution >= 0.6 is 0 Å². The Morgan fingerprint density at radius 3 is 2.62 bits per heavy atom. The Labute approximate surface area is 95.4 Å². The van der Waals surface area contributed by atoms with Crippen molar-refractivity contribution in [2.75, 3.05) is 26.8 Å². The van der Waals surface area contributed by atoms with Gasteiger partial charge >= 0.3 is 5.97 Å². The molecule has 0 heterocycles. The first-order valence-corrected chi connectivity index (χ1v) is 5.33. The van der Waals surface area contributed by atoms with E-state index in [1.165, 1.54) is 7.11 Å². The molecule has 6 heteroatoms. The van der Waals surface area contributed by atoms with E-state index in [0.29, 0.717) is 13.2 Å². The zero-order valence-corrected chi connectivity index (χ0v) is 9.78. The quantitative estimate of drug-likeness (QED) is 0.470. The van der Waals surface area contributed by atoms with Gasteiger partial charge in [0.2, 0.25) is 5.91 Å². The standard InChI is InChI=1S/C10H20N2O4/c1-3-11-6-4-9(13)12-8(10(14)15)5-7-16-2/h8,11H,3-7H2,1-2H3,(H,12,13)(H,14,15). The number of ether oxygens (including phenoxy) is 1. The second-order valence-corrected chi connectivity index (χ2v) is 3.34. The van der Waals surface area contributed by atoms with Crippen LogP contribution in [0.3, 0.4) is 0 Å². The topological polar surface area (TPSA) is 87.7 Å². The number of hydrogen-bond acceptors (Lipinski definition) is 4. The Hall–Kier alpha value is -1.14. The van der Waals surface area contributed by atoms with Gasteiger partial charge in [0.15, 0.2) is 0 Å². The van der Waals surface area contributed by atoms with E-state index in [1.807, 2.05) is 6.92 Å². The number of hydrogen-bond donors (Lipinski definition) is 3. The number of carboxylic acid groups (broad SMARTS) is 1. The molecular weight excluding hydrogens is 212 g/mol. The summed E-state index contributed by atoms with van der Waals surface area (Å²) in [7, 11) is 1.49. The lowest BCUT2D eigenvalue weighted by molar-refractivity contribution is -0.142. The first-order valence-electron chi connectivity index (χ1n) is 5.33. The first kappa shape index (κ1) is 14.9. The van der Waals surface area contributed by atoms with Gasteiger partial charge in [0.1, 0.15) is 6.04 Å². The molecule has 1 unspecified atom stereocenters. The second kappa shape index (κ2) is 9.11. The molecule has 6 nitrogen and oxygen atoms in total. The molecule has 94 valence electrons. The maximum absolute atomic E-state index is 11.3. The van der Waals surface area contributed by atoms with Gasteiger partial charge in [0.05, 0.1) is 0 Å². The van der Waals surface area contributed by atoms with Gasteiger partial charge in [0.25, 0.3) is 0 Å². The maximum atomic E-state index is 11.3. The molecule has 0 radical (unpaired) electrons. The van der Waals surface area contributed by atoms with Crippen LogP contribution in [0.1, 0.15) is 19.8 Å². The smallest absolute Gasteiger partial charge is 0.326 e. The fourth-order valence-electron chi connectivity index (χ4n) is 1.14. The Balaban J connectivity index is 3.88. The van der Waals surface area contributed by atoms with Gasteiger partial charge < -0.3 is 20.5 Å². The van der Waals surface area contributed by atoms with Crippen LogP contribution in [0.4, 0.5) is 0 Å². The molecule has 0 rings (SSSR count). The van der Waals surface area contributed by atoms with E-state index in [-0.39, 0.29) is 18.7 Å². The minimum Gasteiger partial charge on any atom is -0.480 e. The van der Waals surface area contributed by atoms with Gasteiger partial charge in [-0.2, -0.15) is 0 Å². The van der Waals surface area contributed by atoms with Crippen molar-refractivity contribution in [3.63, 3.8) is 0 Å². The number of amides is 1. The summed E-state index contributed by atoms with van der Waals surface area (Å²) in [4.78, 5) is 22.1. The minimum absolute atomic E-state index is 0.260. The Morgan fingerprint density at radius 2 is 2.12 bits per heavy atom. The minimum atomic E-state index is -1.03. The molecule has 0 aromatic rings. The van der Waals surface area contributed by atoms with Crippen molar-refractivity contribution in [1.82, 2.24) is 10.6 Å². The lowest BCUT2D eigenvalue weighted by Crippen LogP contribution is -2.42. The lowest BCUT2D eigenvalue weighted by atomic mass is 10.2. The van der Waals surface area contributed by atoms with Crippen LogP contribution in [-0.2, 0) is 14.3 Å². The Morgan fingerprint density at radius 1 is 1.44 bits per heavy atom. The summed E-state index contributed by atoms with van der Waals surface area (Å²) in [6.45, 7) is 3.60. The summed E-state index contributed by atoms with van der Waals surface area (Å²) in [5, 5.41) is 14.3. The number of aliphatic carboxylic acids is 1. The molecule has 0 spiro atoms. The SMILES string of the molecule is CCNCCC(=O)NC(CCOC)C(=O)O. The van der Waals surface area contributed by atoms with Gasteiger partial charge in [-0.25, -0.2) is 4.79 Å². The van der Waals surface area contributed by atoms with E-state index < -0.39 is 12.0 Å². The zero-order valence-electron chi connectivity index (χ0n) is 9.78. The average molecular weight is 232 g/mol. The molecule has 0 aromatic carbocycles. The third-order valence-corrected chi connectivity index (χ3v) is 2.02. The van der Waals surface area contributed by atoms with Crippen LogP contribution in [0.25, 0.3) is 0 Å². The predicted molar refractivity (Wildman–Crippen MR) is 59.2 cm³/mol. The number of nitrogens with one attached hydrogen (secondary N) is 2. The fraction of sp³-hybridized carbons (Fsp3) is 0.800. The molecule has 16 heavy (non-hydrogen) atoms. The molecule has 0 aliphatic heterocycles. The van der Waals surface area contributed by atoms with E-state index in [4.69, 9.17) is 9.84 Å². The van der Waals surface area contributed by atoms with Crippen LogP contribution in [0.15, 0.2) is 0 Å². The number of carboxylic acids is 1. The van der Waals surface area contributed by atoms with E-state index in [9.17, 15) is 9.59 Å². The molecule has 0 saturated carbocycles. The van der Waals surface area contributed by atoms with Crippen molar-refractivity contribution >= 4 is 11.9 Å². The zero-order chi connectivity index (χ0) is 12.4. The van der Waals surface area contributed by atoms with Crippen molar-refractivity contribution in [1.29, 1.82) is 0 Å². The lowest BCUT2D eigenvalue weighted by Gasteiger charge is -2.13. The normalized spacial score (nSPS) is 12.1. The van der Waals surface area contributed by atoms with Crippen molar-refractivity contribution in [2.24, 2.45) is 0 Å². The van der Waals surface area contributed by atoms with Gasteiger partial charge in [-0.1, -0.05) is 6.92 Å². The van der Waals surface area contributed by atoms with E-state index >= 15 is 0 Å². The van der Waals surface area contributed by atoms with Crippen LogP contribution < -0.4 is 10.6 Å². The van der Waals surface area contributed by atoms with Crippen molar-refractivity contribution in [3.05, 3.63) is 0 Å². The summed E-state index contributed by atoms with van der Waals surface area (Å²) in [5.41, 5.74) is 0. The van der Waals surface area contributed by atoms with Crippen LogP contribution in [-0.4, -0.2) is 49.8 Å². The summed E-state index contributed by atoms with van der Waals surface area (Å²) < 4.78 is 4.78. The van der Waals surface area contributed by atoms with Crippen molar-refractivity contribution in [3.8, 4) is 0 Å². The highest BCUT2D eigenvalue weighted by molar-refractivity contribution is 5.83. The molecule has 1 atom stereocenters. The summed E-state index contributed by atoms with van der Waals surface area (Å²) in [6.07, 6.45) is 0.559. The van der Waals surface area contributed by atoms with Gasteiger partial charge in [0, 0.05) is 33.1 Å². The van der Waals surface area contributed by atoms with Crippen LogP contribution in [0, 0.1) is 0 Å².